The number of hydrogen-bond donors (Lipinski definition) is 0. The summed E-state index contributed by atoms with van der Waals surface area (Å²) in [7, 11) is 0. The van der Waals surface area contributed by atoms with E-state index in [-0.39, 0.29) is 0 Å². The molecule has 0 heterocycles. The average Bonchev–Trinajstić information content (AvgIpc) is 2.28. The molecular weight excluding hydrogens is 192 g/mol. The van der Waals surface area contributed by atoms with Crippen LogP contribution in [0, 0.1) is 5.92 Å². The molecule has 0 aromatic heterocycles. The molecule has 0 saturated heterocycles. The van der Waals surface area contributed by atoms with Crippen molar-refractivity contribution < 1.29 is 0 Å². The first-order valence-electron chi connectivity index (χ1n) is 6.36. The third-order valence-electron chi connectivity index (χ3n) is 2.93. The van der Waals surface area contributed by atoms with Gasteiger partial charge in [-0.25, -0.2) is 0 Å². The van der Waals surface area contributed by atoms with E-state index in [1.54, 1.807) is 0 Å². The number of rotatable bonds is 6. The van der Waals surface area contributed by atoms with Crippen LogP contribution in [0.3, 0.4) is 0 Å². The summed E-state index contributed by atoms with van der Waals surface area (Å²) in [5.41, 5.74) is 2.91. The maximum absolute atomic E-state index is 2.35. The molecule has 1 atom stereocenters. The number of aryl methyl sites for hydroxylation is 1. The van der Waals surface area contributed by atoms with E-state index >= 15 is 0 Å². The molecule has 0 unspecified atom stereocenters. The van der Waals surface area contributed by atoms with Gasteiger partial charge in [-0.1, -0.05) is 55.3 Å². The van der Waals surface area contributed by atoms with Crippen molar-refractivity contribution in [1.82, 2.24) is 0 Å². The van der Waals surface area contributed by atoms with Gasteiger partial charge < -0.3 is 0 Å². The van der Waals surface area contributed by atoms with Gasteiger partial charge >= 0.3 is 0 Å². The van der Waals surface area contributed by atoms with Crippen LogP contribution >= 0.6 is 0 Å². The Balaban J connectivity index is 2.18. The Bertz CT molecular complexity index is 304. The maximum atomic E-state index is 2.35. The van der Waals surface area contributed by atoms with E-state index in [0.29, 0.717) is 0 Å². The first kappa shape index (κ1) is 13.0. The highest BCUT2D eigenvalue weighted by molar-refractivity contribution is 5.14. The summed E-state index contributed by atoms with van der Waals surface area (Å²) in [6.07, 6.45) is 7.45. The van der Waals surface area contributed by atoms with Crippen molar-refractivity contribution in [2.24, 2.45) is 5.92 Å². The lowest BCUT2D eigenvalue weighted by Crippen LogP contribution is -1.95. The van der Waals surface area contributed by atoms with Crippen molar-refractivity contribution >= 4 is 0 Å². The van der Waals surface area contributed by atoms with Gasteiger partial charge in [0.2, 0.25) is 0 Å². The van der Waals surface area contributed by atoms with Crippen LogP contribution in [0.1, 0.15) is 45.6 Å². The molecule has 0 amide bonds. The van der Waals surface area contributed by atoms with Crippen LogP contribution in [-0.2, 0) is 6.42 Å². The Morgan fingerprint density at radius 1 is 1.19 bits per heavy atom. The van der Waals surface area contributed by atoms with E-state index in [4.69, 9.17) is 0 Å². The van der Waals surface area contributed by atoms with Crippen molar-refractivity contribution in [2.45, 2.75) is 46.5 Å². The zero-order valence-electron chi connectivity index (χ0n) is 10.9. The topological polar surface area (TPSA) is 0 Å². The highest BCUT2D eigenvalue weighted by Crippen LogP contribution is 2.14. The van der Waals surface area contributed by atoms with Crippen molar-refractivity contribution in [3.63, 3.8) is 0 Å². The second kappa shape index (κ2) is 7.27. The van der Waals surface area contributed by atoms with Crippen LogP contribution in [-0.4, -0.2) is 0 Å². The summed E-state index contributed by atoms with van der Waals surface area (Å²) in [6.45, 7) is 6.71. The summed E-state index contributed by atoms with van der Waals surface area (Å²) >= 11 is 0. The molecule has 0 bridgehead atoms. The van der Waals surface area contributed by atoms with Crippen molar-refractivity contribution in [2.75, 3.05) is 0 Å². The van der Waals surface area contributed by atoms with E-state index < -0.39 is 0 Å². The third-order valence-corrected chi connectivity index (χ3v) is 2.93. The van der Waals surface area contributed by atoms with Crippen LogP contribution < -0.4 is 0 Å². The predicted molar refractivity (Wildman–Crippen MR) is 72.6 cm³/mol. The van der Waals surface area contributed by atoms with Gasteiger partial charge in [0.1, 0.15) is 0 Å². The predicted octanol–water partition coefficient (Wildman–Crippen LogP) is 5.00. The van der Waals surface area contributed by atoms with Gasteiger partial charge in [-0.2, -0.15) is 0 Å². The Labute approximate surface area is 100 Å². The lowest BCUT2D eigenvalue weighted by Gasteiger charge is -2.08. The Morgan fingerprint density at radius 3 is 2.50 bits per heavy atom. The molecule has 0 aliphatic carbocycles. The van der Waals surface area contributed by atoms with Gasteiger partial charge in [0.15, 0.2) is 0 Å². The van der Waals surface area contributed by atoms with Gasteiger partial charge in [0.25, 0.3) is 0 Å². The SMILES string of the molecule is CC(C)=CC[C@H](C)CCCc1ccccc1. The standard InChI is InChI=1S/C16H24/c1-14(2)12-13-15(3)8-7-11-16-9-5-4-6-10-16/h4-6,9-10,12,15H,7-8,11,13H2,1-3H3/t15-/m1/s1. The fourth-order valence-electron chi connectivity index (χ4n) is 1.85. The number of hydrogen-bond acceptors (Lipinski definition) is 0. The van der Waals surface area contributed by atoms with Gasteiger partial charge in [0, 0.05) is 0 Å². The number of allylic oxidation sites excluding steroid dienone is 2. The van der Waals surface area contributed by atoms with Crippen molar-refractivity contribution in [3.8, 4) is 0 Å². The Morgan fingerprint density at radius 2 is 1.88 bits per heavy atom. The molecule has 0 aliphatic rings. The lowest BCUT2D eigenvalue weighted by molar-refractivity contribution is 0.515. The summed E-state index contributed by atoms with van der Waals surface area (Å²) in [5.74, 6) is 0.818. The zero-order valence-corrected chi connectivity index (χ0v) is 10.9. The molecular formula is C16H24. The highest BCUT2D eigenvalue weighted by atomic mass is 14.1. The summed E-state index contributed by atoms with van der Waals surface area (Å²) < 4.78 is 0. The minimum Gasteiger partial charge on any atom is -0.0856 e. The fraction of sp³-hybridized carbons (Fsp3) is 0.500. The molecule has 0 saturated carbocycles. The smallest absolute Gasteiger partial charge is 0.0279 e. The van der Waals surface area contributed by atoms with Crippen molar-refractivity contribution in [3.05, 3.63) is 47.5 Å². The van der Waals surface area contributed by atoms with Gasteiger partial charge in [-0.3, -0.25) is 0 Å². The zero-order chi connectivity index (χ0) is 11.8. The molecule has 0 nitrogen and oxygen atoms in total. The quantitative estimate of drug-likeness (QED) is 0.587. The second-order valence-corrected chi connectivity index (χ2v) is 5.00. The summed E-state index contributed by atoms with van der Waals surface area (Å²) in [4.78, 5) is 0. The van der Waals surface area contributed by atoms with Gasteiger partial charge in [0.05, 0.1) is 0 Å². The molecule has 0 fully saturated rings. The van der Waals surface area contributed by atoms with Crippen LogP contribution in [0.5, 0.6) is 0 Å². The Hall–Kier alpha value is -1.04. The minimum atomic E-state index is 0.818. The van der Waals surface area contributed by atoms with E-state index in [2.05, 4.69) is 57.2 Å². The third kappa shape index (κ3) is 5.75. The van der Waals surface area contributed by atoms with Crippen LogP contribution in [0.2, 0.25) is 0 Å². The average molecular weight is 216 g/mol. The molecule has 16 heavy (non-hydrogen) atoms. The minimum absolute atomic E-state index is 0.818. The first-order chi connectivity index (χ1) is 7.68. The fourth-order valence-corrected chi connectivity index (χ4v) is 1.85. The molecule has 0 spiro atoms. The first-order valence-corrected chi connectivity index (χ1v) is 6.36. The molecule has 1 aromatic rings. The maximum Gasteiger partial charge on any atom is -0.0279 e. The molecule has 0 N–H and O–H groups in total. The van der Waals surface area contributed by atoms with E-state index in [0.717, 1.165) is 5.92 Å². The molecule has 1 aromatic carbocycles. The van der Waals surface area contributed by atoms with Gasteiger partial charge in [-0.15, -0.1) is 0 Å². The van der Waals surface area contributed by atoms with Gasteiger partial charge in [-0.05, 0) is 44.6 Å². The van der Waals surface area contributed by atoms with Crippen LogP contribution in [0.4, 0.5) is 0 Å². The molecule has 0 heteroatoms. The Kier molecular flexibility index (Phi) is 5.92. The lowest BCUT2D eigenvalue weighted by atomic mass is 9.97. The molecule has 0 radical (unpaired) electrons. The van der Waals surface area contributed by atoms with E-state index in [1.165, 1.54) is 36.8 Å². The second-order valence-electron chi connectivity index (χ2n) is 5.00. The van der Waals surface area contributed by atoms with E-state index in [1.807, 2.05) is 0 Å². The normalized spacial score (nSPS) is 12.2. The largest absolute Gasteiger partial charge is 0.0856 e. The van der Waals surface area contributed by atoms with Crippen LogP contribution in [0.15, 0.2) is 42.0 Å². The van der Waals surface area contributed by atoms with E-state index in [9.17, 15) is 0 Å². The molecule has 1 rings (SSSR count). The number of benzene rings is 1. The summed E-state index contributed by atoms with van der Waals surface area (Å²) in [5, 5.41) is 0. The highest BCUT2D eigenvalue weighted by Gasteiger charge is 2.00. The van der Waals surface area contributed by atoms with Crippen molar-refractivity contribution in [1.29, 1.82) is 0 Å². The molecule has 0 aliphatic heterocycles. The molecule has 88 valence electrons. The van der Waals surface area contributed by atoms with Crippen LogP contribution in [0.25, 0.3) is 0 Å². The summed E-state index contributed by atoms with van der Waals surface area (Å²) in [6, 6.07) is 10.8. The monoisotopic (exact) mass is 216 g/mol.